The van der Waals surface area contributed by atoms with Crippen LogP contribution in [0.4, 0.5) is 0 Å². The monoisotopic (exact) mass is 283 g/mol. The van der Waals surface area contributed by atoms with E-state index in [2.05, 4.69) is 0 Å². The van der Waals surface area contributed by atoms with Gasteiger partial charge < -0.3 is 9.67 Å². The standard InChI is InChI=1S/C13H11Cl2NO2/c1-7-5-10(15)8(6-9(7)14)11-3-4-12(13(17)18)16(11)2/h3-6H,1-2H3,(H,17,18). The zero-order valence-corrected chi connectivity index (χ0v) is 11.4. The van der Waals surface area contributed by atoms with Crippen LogP contribution in [-0.2, 0) is 7.05 Å². The summed E-state index contributed by atoms with van der Waals surface area (Å²) in [4.78, 5) is 11.0. The van der Waals surface area contributed by atoms with Crippen LogP contribution in [0, 0.1) is 6.92 Å². The average Bonchev–Trinajstić information content (AvgIpc) is 2.66. The molecule has 0 atom stereocenters. The Balaban J connectivity index is 2.63. The zero-order chi connectivity index (χ0) is 13.4. The summed E-state index contributed by atoms with van der Waals surface area (Å²) in [6.45, 7) is 1.87. The first kappa shape index (κ1) is 13.0. The summed E-state index contributed by atoms with van der Waals surface area (Å²) < 4.78 is 1.58. The van der Waals surface area contributed by atoms with Crippen molar-refractivity contribution >= 4 is 29.2 Å². The van der Waals surface area contributed by atoms with Gasteiger partial charge in [0.05, 0.1) is 5.02 Å². The summed E-state index contributed by atoms with van der Waals surface area (Å²) >= 11 is 12.3. The number of halogens is 2. The molecule has 1 aromatic carbocycles. The Bertz CT molecular complexity index is 632. The third-order valence-corrected chi connectivity index (χ3v) is 3.59. The molecule has 2 rings (SSSR count). The molecule has 0 radical (unpaired) electrons. The molecule has 2 aromatic rings. The Morgan fingerprint density at radius 2 is 1.89 bits per heavy atom. The van der Waals surface area contributed by atoms with Gasteiger partial charge in [0.1, 0.15) is 5.69 Å². The minimum Gasteiger partial charge on any atom is -0.477 e. The maximum absolute atomic E-state index is 11.0. The molecule has 0 spiro atoms. The van der Waals surface area contributed by atoms with E-state index in [4.69, 9.17) is 28.3 Å². The molecule has 0 aliphatic rings. The molecule has 5 heteroatoms. The van der Waals surface area contributed by atoms with E-state index in [9.17, 15) is 4.79 Å². The minimum absolute atomic E-state index is 0.206. The highest BCUT2D eigenvalue weighted by Crippen LogP contribution is 2.33. The maximum Gasteiger partial charge on any atom is 0.352 e. The Kier molecular flexibility index (Phi) is 3.37. The van der Waals surface area contributed by atoms with Crippen LogP contribution in [0.15, 0.2) is 24.3 Å². The summed E-state index contributed by atoms with van der Waals surface area (Å²) in [6, 6.07) is 6.78. The number of carboxylic acid groups (broad SMARTS) is 1. The van der Waals surface area contributed by atoms with E-state index in [0.29, 0.717) is 10.0 Å². The van der Waals surface area contributed by atoms with Gasteiger partial charge in [0.2, 0.25) is 0 Å². The molecule has 3 nitrogen and oxygen atoms in total. The lowest BCUT2D eigenvalue weighted by atomic mass is 10.1. The zero-order valence-electron chi connectivity index (χ0n) is 9.87. The summed E-state index contributed by atoms with van der Waals surface area (Å²) in [5.74, 6) is -0.974. The van der Waals surface area contributed by atoms with Gasteiger partial charge in [-0.3, -0.25) is 0 Å². The second kappa shape index (κ2) is 4.67. The predicted molar refractivity (Wildman–Crippen MR) is 72.6 cm³/mol. The lowest BCUT2D eigenvalue weighted by molar-refractivity contribution is 0.0687. The number of aromatic nitrogens is 1. The molecule has 0 amide bonds. The molecule has 0 unspecified atom stereocenters. The minimum atomic E-state index is -0.974. The van der Waals surface area contributed by atoms with Gasteiger partial charge in [-0.1, -0.05) is 23.2 Å². The highest BCUT2D eigenvalue weighted by atomic mass is 35.5. The number of hydrogen-bond donors (Lipinski definition) is 1. The van der Waals surface area contributed by atoms with Crippen molar-refractivity contribution in [2.24, 2.45) is 7.05 Å². The molecule has 18 heavy (non-hydrogen) atoms. The van der Waals surface area contributed by atoms with E-state index in [1.807, 2.05) is 6.92 Å². The fourth-order valence-electron chi connectivity index (χ4n) is 1.84. The van der Waals surface area contributed by atoms with Crippen molar-refractivity contribution in [3.63, 3.8) is 0 Å². The van der Waals surface area contributed by atoms with Gasteiger partial charge in [0.15, 0.2) is 0 Å². The Morgan fingerprint density at radius 3 is 2.44 bits per heavy atom. The van der Waals surface area contributed by atoms with Gasteiger partial charge in [-0.2, -0.15) is 0 Å². The van der Waals surface area contributed by atoms with Gasteiger partial charge in [0.25, 0.3) is 0 Å². The van der Waals surface area contributed by atoms with Crippen molar-refractivity contribution in [2.75, 3.05) is 0 Å². The van der Waals surface area contributed by atoms with E-state index in [1.165, 1.54) is 0 Å². The molecule has 94 valence electrons. The fourth-order valence-corrected chi connectivity index (χ4v) is 2.32. The summed E-state index contributed by atoms with van der Waals surface area (Å²) in [5.41, 5.74) is 2.54. The van der Waals surface area contributed by atoms with Gasteiger partial charge in [-0.25, -0.2) is 4.79 Å². The maximum atomic E-state index is 11.0. The van der Waals surface area contributed by atoms with Crippen LogP contribution in [0.3, 0.4) is 0 Å². The molecule has 0 fully saturated rings. The lowest BCUT2D eigenvalue weighted by Crippen LogP contribution is -2.05. The largest absolute Gasteiger partial charge is 0.477 e. The van der Waals surface area contributed by atoms with Crippen LogP contribution >= 0.6 is 23.2 Å². The van der Waals surface area contributed by atoms with Crippen molar-refractivity contribution in [1.29, 1.82) is 0 Å². The second-order valence-corrected chi connectivity index (χ2v) is 4.86. The predicted octanol–water partition coefficient (Wildman–Crippen LogP) is 4.01. The normalized spacial score (nSPS) is 10.7. The van der Waals surface area contributed by atoms with Crippen LogP contribution in [-0.4, -0.2) is 15.6 Å². The van der Waals surface area contributed by atoms with Crippen LogP contribution in [0.5, 0.6) is 0 Å². The number of hydrogen-bond acceptors (Lipinski definition) is 1. The van der Waals surface area contributed by atoms with Crippen molar-refractivity contribution in [3.05, 3.63) is 45.6 Å². The van der Waals surface area contributed by atoms with Crippen LogP contribution < -0.4 is 0 Å². The van der Waals surface area contributed by atoms with Crippen LogP contribution in [0.25, 0.3) is 11.3 Å². The molecule has 1 N–H and O–H groups in total. The SMILES string of the molecule is Cc1cc(Cl)c(-c2ccc(C(=O)O)n2C)cc1Cl. The smallest absolute Gasteiger partial charge is 0.352 e. The number of carboxylic acids is 1. The molecule has 0 saturated carbocycles. The molecule has 0 aliphatic heterocycles. The average molecular weight is 284 g/mol. The fraction of sp³-hybridized carbons (Fsp3) is 0.154. The van der Waals surface area contributed by atoms with Crippen molar-refractivity contribution in [3.8, 4) is 11.3 Å². The number of benzene rings is 1. The molecular weight excluding hydrogens is 273 g/mol. The number of nitrogens with zero attached hydrogens (tertiary/aromatic N) is 1. The van der Waals surface area contributed by atoms with Crippen LogP contribution in [0.1, 0.15) is 16.1 Å². The van der Waals surface area contributed by atoms with E-state index >= 15 is 0 Å². The van der Waals surface area contributed by atoms with E-state index < -0.39 is 5.97 Å². The lowest BCUT2D eigenvalue weighted by Gasteiger charge is -2.09. The van der Waals surface area contributed by atoms with E-state index in [1.54, 1.807) is 35.9 Å². The molecule has 0 bridgehead atoms. The quantitative estimate of drug-likeness (QED) is 0.905. The first-order valence-corrected chi connectivity index (χ1v) is 6.02. The van der Waals surface area contributed by atoms with Gasteiger partial charge in [-0.05, 0) is 36.8 Å². The summed E-state index contributed by atoms with van der Waals surface area (Å²) in [6.07, 6.45) is 0. The topological polar surface area (TPSA) is 42.2 Å². The highest BCUT2D eigenvalue weighted by Gasteiger charge is 2.15. The highest BCUT2D eigenvalue weighted by molar-refractivity contribution is 6.35. The third kappa shape index (κ3) is 2.11. The van der Waals surface area contributed by atoms with Crippen molar-refractivity contribution in [2.45, 2.75) is 6.92 Å². The molecule has 0 saturated heterocycles. The number of rotatable bonds is 2. The van der Waals surface area contributed by atoms with Gasteiger partial charge >= 0.3 is 5.97 Å². The van der Waals surface area contributed by atoms with Gasteiger partial charge in [0, 0.05) is 23.3 Å². The number of aromatic carboxylic acids is 1. The molecule has 1 aromatic heterocycles. The molecule has 0 aliphatic carbocycles. The third-order valence-electron chi connectivity index (χ3n) is 2.87. The first-order chi connectivity index (χ1) is 8.41. The molecular formula is C13H11Cl2NO2. The van der Waals surface area contributed by atoms with Crippen molar-refractivity contribution in [1.82, 2.24) is 4.57 Å². The Morgan fingerprint density at radius 1 is 1.22 bits per heavy atom. The second-order valence-electron chi connectivity index (χ2n) is 4.05. The van der Waals surface area contributed by atoms with Crippen molar-refractivity contribution < 1.29 is 9.90 Å². The van der Waals surface area contributed by atoms with Crippen LogP contribution in [0.2, 0.25) is 10.0 Å². The first-order valence-electron chi connectivity index (χ1n) is 5.27. The number of carbonyl (C=O) groups is 1. The summed E-state index contributed by atoms with van der Waals surface area (Å²) in [5, 5.41) is 10.2. The number of aryl methyl sites for hydroxylation is 1. The molecule has 1 heterocycles. The van der Waals surface area contributed by atoms with Gasteiger partial charge in [-0.15, -0.1) is 0 Å². The van der Waals surface area contributed by atoms with E-state index in [-0.39, 0.29) is 5.69 Å². The Hall–Kier alpha value is -1.45. The Labute approximate surface area is 115 Å². The van der Waals surface area contributed by atoms with E-state index in [0.717, 1.165) is 16.8 Å². The summed E-state index contributed by atoms with van der Waals surface area (Å²) in [7, 11) is 1.68.